The number of hydrogen-bond donors (Lipinski definition) is 2. The molecule has 2 rings (SSSR count). The van der Waals surface area contributed by atoms with Gasteiger partial charge in [0.25, 0.3) is 0 Å². The zero-order valence-corrected chi connectivity index (χ0v) is 11.0. The number of halogens is 3. The van der Waals surface area contributed by atoms with Crippen molar-refractivity contribution in [3.63, 3.8) is 0 Å². The minimum Gasteiger partial charge on any atom is -0.382 e. The van der Waals surface area contributed by atoms with E-state index >= 15 is 0 Å². The molecule has 0 heterocycles. The van der Waals surface area contributed by atoms with Crippen LogP contribution in [0.1, 0.15) is 5.56 Å². The van der Waals surface area contributed by atoms with E-state index in [-0.39, 0.29) is 6.42 Å². The number of carbonyl (C=O) groups excluding carboxylic acids is 1. The number of rotatable bonds is 4. The number of nitrogens with one attached hydrogen (secondary N) is 1. The molecule has 2 aromatic rings. The predicted octanol–water partition coefficient (Wildman–Crippen LogP) is 2.42. The van der Waals surface area contributed by atoms with Crippen molar-refractivity contribution >= 4 is 16.7 Å². The lowest BCUT2D eigenvalue weighted by Crippen LogP contribution is -2.41. The molecule has 0 aliphatic rings. The Balaban J connectivity index is 2.02. The lowest BCUT2D eigenvalue weighted by molar-refractivity contribution is -0.201. The zero-order valence-electron chi connectivity index (χ0n) is 11.0. The first-order chi connectivity index (χ1) is 9.88. The van der Waals surface area contributed by atoms with Crippen molar-refractivity contribution in [2.24, 2.45) is 0 Å². The van der Waals surface area contributed by atoms with E-state index < -0.39 is 24.7 Å². The molecule has 0 aromatic heterocycles. The van der Waals surface area contributed by atoms with Gasteiger partial charge in [-0.3, -0.25) is 4.79 Å². The Morgan fingerprint density at radius 3 is 2.52 bits per heavy atom. The third kappa shape index (κ3) is 3.95. The van der Waals surface area contributed by atoms with Crippen molar-refractivity contribution < 1.29 is 23.1 Å². The van der Waals surface area contributed by atoms with Crippen LogP contribution in [0.5, 0.6) is 0 Å². The van der Waals surface area contributed by atoms with Crippen molar-refractivity contribution in [3.05, 3.63) is 48.0 Å². The summed E-state index contributed by atoms with van der Waals surface area (Å²) in [5.41, 5.74) is 0.729. The third-order valence-corrected chi connectivity index (χ3v) is 3.10. The molecule has 0 aliphatic carbocycles. The summed E-state index contributed by atoms with van der Waals surface area (Å²) in [7, 11) is 0. The van der Waals surface area contributed by atoms with E-state index in [1.807, 2.05) is 30.3 Å². The first-order valence-electron chi connectivity index (χ1n) is 6.36. The lowest BCUT2D eigenvalue weighted by atomic mass is 10.0. The van der Waals surface area contributed by atoms with Gasteiger partial charge in [-0.1, -0.05) is 42.5 Å². The first kappa shape index (κ1) is 15.3. The highest BCUT2D eigenvalue weighted by atomic mass is 19.4. The van der Waals surface area contributed by atoms with E-state index in [1.54, 1.807) is 12.1 Å². The predicted molar refractivity (Wildman–Crippen MR) is 72.7 cm³/mol. The minimum absolute atomic E-state index is 0.0358. The number of amides is 1. The fourth-order valence-electron chi connectivity index (χ4n) is 2.01. The largest absolute Gasteiger partial charge is 0.416 e. The Bertz CT molecular complexity index is 635. The second-order valence-corrected chi connectivity index (χ2v) is 4.68. The Morgan fingerprint density at radius 1 is 1.14 bits per heavy atom. The highest BCUT2D eigenvalue weighted by Gasteiger charge is 2.38. The van der Waals surface area contributed by atoms with Crippen LogP contribution in [0.3, 0.4) is 0 Å². The molecule has 112 valence electrons. The van der Waals surface area contributed by atoms with Gasteiger partial charge in [-0.15, -0.1) is 0 Å². The summed E-state index contributed by atoms with van der Waals surface area (Å²) in [4.78, 5) is 11.7. The summed E-state index contributed by atoms with van der Waals surface area (Å²) >= 11 is 0. The molecule has 0 spiro atoms. The molecular formula is C15H14F3NO2. The van der Waals surface area contributed by atoms with Gasteiger partial charge in [-0.05, 0) is 16.3 Å². The maximum Gasteiger partial charge on any atom is 0.416 e. The number of benzene rings is 2. The summed E-state index contributed by atoms with van der Waals surface area (Å²) in [5, 5.41) is 12.8. The Kier molecular flexibility index (Phi) is 4.47. The molecule has 6 heteroatoms. The normalized spacial score (nSPS) is 13.1. The van der Waals surface area contributed by atoms with Gasteiger partial charge >= 0.3 is 6.18 Å². The smallest absolute Gasteiger partial charge is 0.382 e. The van der Waals surface area contributed by atoms with Gasteiger partial charge in [0.1, 0.15) is 0 Å². The molecule has 21 heavy (non-hydrogen) atoms. The highest BCUT2D eigenvalue weighted by molar-refractivity contribution is 5.90. The molecule has 1 amide bonds. The van der Waals surface area contributed by atoms with Gasteiger partial charge < -0.3 is 10.4 Å². The van der Waals surface area contributed by atoms with E-state index in [2.05, 4.69) is 5.32 Å². The maximum absolute atomic E-state index is 12.1. The molecule has 3 nitrogen and oxygen atoms in total. The number of carbonyl (C=O) groups is 1. The minimum atomic E-state index is -4.73. The number of alkyl halides is 3. The molecule has 0 saturated heterocycles. The molecule has 1 unspecified atom stereocenters. The van der Waals surface area contributed by atoms with Gasteiger partial charge in [-0.2, -0.15) is 13.2 Å². The SMILES string of the molecule is O=C(Cc1cccc2ccccc12)NCC(O)C(F)(F)F. The van der Waals surface area contributed by atoms with Crippen LogP contribution in [-0.4, -0.2) is 29.8 Å². The standard InChI is InChI=1S/C15H14F3NO2/c16-15(17,18)13(20)9-19-14(21)8-11-6-3-5-10-4-1-2-7-12(10)11/h1-7,13,20H,8-9H2,(H,19,21). The quantitative estimate of drug-likeness (QED) is 0.910. The summed E-state index contributed by atoms with van der Waals surface area (Å²) in [6.45, 7) is -0.840. The number of fused-ring (bicyclic) bond motifs is 1. The molecule has 2 aromatic carbocycles. The monoisotopic (exact) mass is 297 g/mol. The number of aliphatic hydroxyl groups excluding tert-OH is 1. The van der Waals surface area contributed by atoms with E-state index in [4.69, 9.17) is 5.11 Å². The number of hydrogen-bond acceptors (Lipinski definition) is 2. The van der Waals surface area contributed by atoms with Crippen molar-refractivity contribution in [3.8, 4) is 0 Å². The highest BCUT2D eigenvalue weighted by Crippen LogP contribution is 2.20. The summed E-state index contributed by atoms with van der Waals surface area (Å²) in [6, 6.07) is 12.9. The molecule has 0 radical (unpaired) electrons. The van der Waals surface area contributed by atoms with Crippen molar-refractivity contribution in [1.29, 1.82) is 0 Å². The van der Waals surface area contributed by atoms with Crippen LogP contribution in [0, 0.1) is 0 Å². The average Bonchev–Trinajstić information content (AvgIpc) is 2.44. The Hall–Kier alpha value is -2.08. The fraction of sp³-hybridized carbons (Fsp3) is 0.267. The number of aliphatic hydroxyl groups is 1. The van der Waals surface area contributed by atoms with Crippen LogP contribution >= 0.6 is 0 Å². The second-order valence-electron chi connectivity index (χ2n) is 4.68. The van der Waals surface area contributed by atoms with Gasteiger partial charge in [-0.25, -0.2) is 0 Å². The van der Waals surface area contributed by atoms with Crippen LogP contribution in [0.15, 0.2) is 42.5 Å². The van der Waals surface area contributed by atoms with Crippen LogP contribution in [0.2, 0.25) is 0 Å². The Morgan fingerprint density at radius 2 is 1.81 bits per heavy atom. The van der Waals surface area contributed by atoms with E-state index in [9.17, 15) is 18.0 Å². The Labute approximate surface area is 119 Å². The molecule has 0 saturated carbocycles. The van der Waals surface area contributed by atoms with E-state index in [1.165, 1.54) is 0 Å². The van der Waals surface area contributed by atoms with Crippen LogP contribution < -0.4 is 5.32 Å². The van der Waals surface area contributed by atoms with Gasteiger partial charge in [0.2, 0.25) is 5.91 Å². The van der Waals surface area contributed by atoms with Gasteiger partial charge in [0.05, 0.1) is 13.0 Å². The van der Waals surface area contributed by atoms with Crippen molar-refractivity contribution in [2.45, 2.75) is 18.7 Å². The summed E-state index contributed by atoms with van der Waals surface area (Å²) < 4.78 is 36.4. The zero-order chi connectivity index (χ0) is 15.5. The maximum atomic E-state index is 12.1. The molecule has 0 fully saturated rings. The summed E-state index contributed by atoms with van der Waals surface area (Å²) in [6.07, 6.45) is -7.31. The molecule has 1 atom stereocenters. The van der Waals surface area contributed by atoms with Gasteiger partial charge in [0.15, 0.2) is 6.10 Å². The lowest BCUT2D eigenvalue weighted by Gasteiger charge is -2.15. The fourth-order valence-corrected chi connectivity index (χ4v) is 2.01. The molecule has 0 bridgehead atoms. The van der Waals surface area contributed by atoms with Crippen LogP contribution in [0.4, 0.5) is 13.2 Å². The molecular weight excluding hydrogens is 283 g/mol. The molecule has 0 aliphatic heterocycles. The van der Waals surface area contributed by atoms with Crippen LogP contribution in [0.25, 0.3) is 10.8 Å². The topological polar surface area (TPSA) is 49.3 Å². The second kappa shape index (κ2) is 6.13. The van der Waals surface area contributed by atoms with E-state index in [0.717, 1.165) is 16.3 Å². The van der Waals surface area contributed by atoms with Crippen molar-refractivity contribution in [2.75, 3.05) is 6.54 Å². The van der Waals surface area contributed by atoms with E-state index in [0.29, 0.717) is 0 Å². The molecule has 2 N–H and O–H groups in total. The average molecular weight is 297 g/mol. The van der Waals surface area contributed by atoms with Gasteiger partial charge in [0, 0.05) is 0 Å². The van der Waals surface area contributed by atoms with Crippen LogP contribution in [-0.2, 0) is 11.2 Å². The third-order valence-electron chi connectivity index (χ3n) is 3.10. The first-order valence-corrected chi connectivity index (χ1v) is 6.36. The summed E-state index contributed by atoms with van der Waals surface area (Å²) in [5.74, 6) is -0.561. The van der Waals surface area contributed by atoms with Crippen molar-refractivity contribution in [1.82, 2.24) is 5.32 Å².